The van der Waals surface area contributed by atoms with Crippen LogP contribution in [0.3, 0.4) is 0 Å². The summed E-state index contributed by atoms with van der Waals surface area (Å²) in [7, 11) is 1.58. The Morgan fingerprint density at radius 1 is 1.38 bits per heavy atom. The van der Waals surface area contributed by atoms with E-state index in [9.17, 15) is 5.11 Å². The van der Waals surface area contributed by atoms with Crippen molar-refractivity contribution in [2.45, 2.75) is 25.7 Å². The van der Waals surface area contributed by atoms with Crippen molar-refractivity contribution in [3.63, 3.8) is 0 Å². The monoisotopic (exact) mass is 337 g/mol. The number of hydrogen-bond donors (Lipinski definition) is 2. The van der Waals surface area contributed by atoms with Crippen molar-refractivity contribution >= 4 is 0 Å². The van der Waals surface area contributed by atoms with Gasteiger partial charge in [-0.05, 0) is 18.1 Å². The number of aliphatic hydroxyl groups is 2. The molecule has 0 aromatic heterocycles. The van der Waals surface area contributed by atoms with Gasteiger partial charge in [-0.3, -0.25) is 4.90 Å². The lowest BCUT2D eigenvalue weighted by Gasteiger charge is -2.28. The van der Waals surface area contributed by atoms with Gasteiger partial charge in [0.15, 0.2) is 17.8 Å². The zero-order chi connectivity index (χ0) is 17.4. The normalized spacial score (nSPS) is 16.6. The summed E-state index contributed by atoms with van der Waals surface area (Å²) in [6, 6.07) is 3.95. The van der Waals surface area contributed by atoms with Crippen molar-refractivity contribution in [1.82, 2.24) is 4.90 Å². The van der Waals surface area contributed by atoms with Crippen LogP contribution in [0.4, 0.5) is 0 Å². The minimum Gasteiger partial charge on any atom is -0.493 e. The molecule has 1 aliphatic rings. The van der Waals surface area contributed by atoms with E-state index in [1.54, 1.807) is 7.11 Å². The third-order valence-corrected chi connectivity index (χ3v) is 3.92. The van der Waals surface area contributed by atoms with E-state index in [1.807, 2.05) is 12.1 Å². The van der Waals surface area contributed by atoms with Gasteiger partial charge in [-0.2, -0.15) is 0 Å². The maximum atomic E-state index is 9.94. The van der Waals surface area contributed by atoms with E-state index in [1.165, 1.54) is 0 Å². The van der Waals surface area contributed by atoms with Crippen LogP contribution in [0.25, 0.3) is 0 Å². The number of hydrogen-bond acceptors (Lipinski definition) is 6. The minimum absolute atomic E-state index is 0.142. The number of allylic oxidation sites excluding steroid dienone is 1. The van der Waals surface area contributed by atoms with Gasteiger partial charge in [0, 0.05) is 38.2 Å². The van der Waals surface area contributed by atoms with Gasteiger partial charge in [-0.15, -0.1) is 6.58 Å². The van der Waals surface area contributed by atoms with Crippen molar-refractivity contribution in [2.24, 2.45) is 0 Å². The van der Waals surface area contributed by atoms with Crippen molar-refractivity contribution in [2.75, 3.05) is 40.0 Å². The van der Waals surface area contributed by atoms with Crippen LogP contribution in [0.15, 0.2) is 24.8 Å². The molecule has 134 valence electrons. The Labute approximate surface area is 143 Å². The molecular formula is C18H27NO5. The molecule has 1 aliphatic heterocycles. The van der Waals surface area contributed by atoms with E-state index in [0.29, 0.717) is 31.3 Å². The molecule has 6 nitrogen and oxygen atoms in total. The molecule has 2 rings (SSSR count). The highest BCUT2D eigenvalue weighted by Crippen LogP contribution is 2.35. The highest BCUT2D eigenvalue weighted by atomic mass is 16.6. The number of methoxy groups -OCH3 is 1. The number of benzene rings is 1. The molecule has 1 heterocycles. The second kappa shape index (κ2) is 9.64. The fourth-order valence-corrected chi connectivity index (χ4v) is 2.72. The largest absolute Gasteiger partial charge is 0.493 e. The van der Waals surface area contributed by atoms with Crippen LogP contribution in [-0.2, 0) is 17.7 Å². The number of rotatable bonds is 9. The summed E-state index contributed by atoms with van der Waals surface area (Å²) in [5, 5.41) is 18.9. The first-order valence-corrected chi connectivity index (χ1v) is 8.24. The van der Waals surface area contributed by atoms with Crippen LogP contribution >= 0.6 is 0 Å². The first kappa shape index (κ1) is 18.7. The summed E-state index contributed by atoms with van der Waals surface area (Å²) < 4.78 is 16.5. The van der Waals surface area contributed by atoms with Gasteiger partial charge in [0.1, 0.15) is 0 Å². The molecule has 0 spiro atoms. The van der Waals surface area contributed by atoms with Gasteiger partial charge >= 0.3 is 0 Å². The molecule has 1 aromatic carbocycles. The average molecular weight is 337 g/mol. The van der Waals surface area contributed by atoms with Crippen LogP contribution in [0.2, 0.25) is 0 Å². The third-order valence-electron chi connectivity index (χ3n) is 3.92. The second-order valence-corrected chi connectivity index (χ2v) is 5.75. The number of nitrogens with zero attached hydrogens (tertiary/aromatic N) is 1. The van der Waals surface area contributed by atoms with Gasteiger partial charge in [-0.25, -0.2) is 0 Å². The van der Waals surface area contributed by atoms with E-state index in [4.69, 9.17) is 19.3 Å². The Morgan fingerprint density at radius 2 is 2.12 bits per heavy atom. The Kier molecular flexibility index (Phi) is 7.52. The lowest BCUT2D eigenvalue weighted by atomic mass is 10.0. The van der Waals surface area contributed by atoms with Crippen molar-refractivity contribution in [3.05, 3.63) is 35.9 Å². The van der Waals surface area contributed by atoms with E-state index < -0.39 is 6.29 Å². The Bertz CT molecular complexity index is 528. The minimum atomic E-state index is -1.07. The van der Waals surface area contributed by atoms with Gasteiger partial charge in [0.25, 0.3) is 0 Å². The van der Waals surface area contributed by atoms with Crippen LogP contribution in [0, 0.1) is 0 Å². The van der Waals surface area contributed by atoms with Gasteiger partial charge in [0.2, 0.25) is 0 Å². The molecular weight excluding hydrogens is 310 g/mol. The van der Waals surface area contributed by atoms with Crippen LogP contribution in [-0.4, -0.2) is 61.4 Å². The van der Waals surface area contributed by atoms with Gasteiger partial charge in [0.05, 0.1) is 20.3 Å². The molecule has 24 heavy (non-hydrogen) atoms. The molecule has 6 heteroatoms. The Hall–Kier alpha value is -1.60. The smallest absolute Gasteiger partial charge is 0.199 e. The molecule has 1 fully saturated rings. The number of morpholine rings is 1. The molecule has 2 N–H and O–H groups in total. The zero-order valence-electron chi connectivity index (χ0n) is 14.2. The highest BCUT2D eigenvalue weighted by molar-refractivity contribution is 5.50. The fraction of sp³-hybridized carbons (Fsp3) is 0.556. The second-order valence-electron chi connectivity index (χ2n) is 5.75. The summed E-state index contributed by atoms with van der Waals surface area (Å²) in [5.74, 6) is 1.10. The molecule has 0 bridgehead atoms. The first-order valence-electron chi connectivity index (χ1n) is 8.24. The topological polar surface area (TPSA) is 71.4 Å². The van der Waals surface area contributed by atoms with Crippen molar-refractivity contribution in [3.8, 4) is 11.5 Å². The highest BCUT2D eigenvalue weighted by Gasteiger charge is 2.20. The van der Waals surface area contributed by atoms with E-state index >= 15 is 0 Å². The lowest BCUT2D eigenvalue weighted by molar-refractivity contribution is -0.0355. The molecule has 1 atom stereocenters. The summed E-state index contributed by atoms with van der Waals surface area (Å²) in [4.78, 5) is 2.28. The van der Waals surface area contributed by atoms with Crippen molar-refractivity contribution in [1.29, 1.82) is 0 Å². The number of ether oxygens (including phenoxy) is 3. The van der Waals surface area contributed by atoms with Crippen LogP contribution in [0.1, 0.15) is 17.5 Å². The molecule has 0 aliphatic carbocycles. The Morgan fingerprint density at radius 3 is 2.75 bits per heavy atom. The predicted molar refractivity (Wildman–Crippen MR) is 91.3 cm³/mol. The summed E-state index contributed by atoms with van der Waals surface area (Å²) in [5.41, 5.74) is 2.03. The lowest BCUT2D eigenvalue weighted by Crippen LogP contribution is -2.35. The van der Waals surface area contributed by atoms with Crippen LogP contribution < -0.4 is 9.47 Å². The molecule has 0 saturated carbocycles. The Balaban J connectivity index is 2.29. The SMILES string of the molecule is C=CCc1cc(CN2CCOCC2)c(OC(O)CCO)c(OC)c1. The molecule has 0 amide bonds. The molecule has 1 aromatic rings. The van der Waals surface area contributed by atoms with Crippen LogP contribution in [0.5, 0.6) is 11.5 Å². The quantitative estimate of drug-likeness (QED) is 0.523. The van der Waals surface area contributed by atoms with Gasteiger partial charge in [-0.1, -0.05) is 12.1 Å². The summed E-state index contributed by atoms with van der Waals surface area (Å²) in [6.45, 7) is 7.47. The maximum Gasteiger partial charge on any atom is 0.199 e. The fourth-order valence-electron chi connectivity index (χ4n) is 2.72. The predicted octanol–water partition coefficient (Wildman–Crippen LogP) is 1.34. The maximum absolute atomic E-state index is 9.94. The molecule has 0 radical (unpaired) electrons. The van der Waals surface area contributed by atoms with E-state index in [-0.39, 0.29) is 13.0 Å². The standard InChI is InChI=1S/C18H27NO5/c1-3-4-14-11-15(13-19-6-9-23-10-7-19)18(16(12-14)22-2)24-17(21)5-8-20/h3,11-12,17,20-21H,1,4-10,13H2,2H3. The third kappa shape index (κ3) is 5.21. The van der Waals surface area contributed by atoms with E-state index in [0.717, 1.165) is 30.6 Å². The number of aliphatic hydroxyl groups excluding tert-OH is 2. The molecule has 1 saturated heterocycles. The van der Waals surface area contributed by atoms with Gasteiger partial charge < -0.3 is 24.4 Å². The average Bonchev–Trinajstić information content (AvgIpc) is 2.58. The summed E-state index contributed by atoms with van der Waals surface area (Å²) >= 11 is 0. The van der Waals surface area contributed by atoms with Crippen molar-refractivity contribution < 1.29 is 24.4 Å². The van der Waals surface area contributed by atoms with E-state index in [2.05, 4.69) is 17.5 Å². The molecule has 1 unspecified atom stereocenters. The first-order chi connectivity index (χ1) is 11.7. The zero-order valence-corrected chi connectivity index (χ0v) is 14.2. The summed E-state index contributed by atoms with van der Waals surface area (Å²) in [6.07, 6.45) is 1.65.